The van der Waals surface area contributed by atoms with E-state index in [1.807, 2.05) is 11.3 Å². The molecule has 0 aromatic carbocycles. The van der Waals surface area contributed by atoms with Gasteiger partial charge in [-0.3, -0.25) is 0 Å². The molecule has 23 heavy (non-hydrogen) atoms. The fourth-order valence-corrected chi connectivity index (χ4v) is 5.21. The number of nitrogens with zero attached hydrogens (tertiary/aromatic N) is 3. The van der Waals surface area contributed by atoms with Crippen LogP contribution in [0.2, 0.25) is 0 Å². The van der Waals surface area contributed by atoms with Gasteiger partial charge in [-0.1, -0.05) is 20.8 Å². The molecule has 1 fully saturated rings. The lowest BCUT2D eigenvalue weighted by Crippen LogP contribution is -2.44. The summed E-state index contributed by atoms with van der Waals surface area (Å²) in [6.07, 6.45) is 5.44. The summed E-state index contributed by atoms with van der Waals surface area (Å²) in [5.74, 6) is 1.95. The minimum absolute atomic E-state index is 0.390. The van der Waals surface area contributed by atoms with Crippen molar-refractivity contribution < 1.29 is 0 Å². The lowest BCUT2D eigenvalue weighted by atomic mass is 9.72. The largest absolute Gasteiger partial charge is 0.353 e. The van der Waals surface area contributed by atoms with E-state index in [0.717, 1.165) is 32.1 Å². The monoisotopic (exact) mass is 330 g/mol. The van der Waals surface area contributed by atoms with Crippen molar-refractivity contribution in [3.8, 4) is 0 Å². The zero-order valence-electron chi connectivity index (χ0n) is 14.4. The van der Waals surface area contributed by atoms with Gasteiger partial charge >= 0.3 is 0 Å². The fourth-order valence-electron chi connectivity index (χ4n) is 3.95. The maximum atomic E-state index is 4.67. The number of hydrogen-bond acceptors (Lipinski definition) is 5. The van der Waals surface area contributed by atoms with Crippen molar-refractivity contribution >= 4 is 27.4 Å². The van der Waals surface area contributed by atoms with Crippen LogP contribution < -0.4 is 10.2 Å². The summed E-state index contributed by atoms with van der Waals surface area (Å²) >= 11 is 1.90. The number of piperazine rings is 1. The van der Waals surface area contributed by atoms with Gasteiger partial charge in [-0.15, -0.1) is 11.3 Å². The van der Waals surface area contributed by atoms with Crippen molar-refractivity contribution in [1.82, 2.24) is 15.3 Å². The average molecular weight is 331 g/mol. The van der Waals surface area contributed by atoms with Crippen LogP contribution in [0.1, 0.15) is 37.6 Å². The normalized spacial score (nSPS) is 22.4. The van der Waals surface area contributed by atoms with Crippen LogP contribution in [0.4, 0.5) is 5.82 Å². The summed E-state index contributed by atoms with van der Waals surface area (Å²) in [5, 5.41) is 4.78. The molecule has 4 rings (SSSR count). The number of rotatable bonds is 1. The van der Waals surface area contributed by atoms with Gasteiger partial charge in [-0.25, -0.2) is 9.97 Å². The molecular formula is C18H26N4S. The molecule has 1 aliphatic carbocycles. The van der Waals surface area contributed by atoms with Gasteiger partial charge in [0.25, 0.3) is 0 Å². The van der Waals surface area contributed by atoms with Gasteiger partial charge in [0.2, 0.25) is 0 Å². The lowest BCUT2D eigenvalue weighted by Gasteiger charge is -2.34. The number of hydrogen-bond donors (Lipinski definition) is 1. The third-order valence-electron chi connectivity index (χ3n) is 5.47. The molecule has 1 unspecified atom stereocenters. The maximum Gasteiger partial charge on any atom is 0.141 e. The van der Waals surface area contributed by atoms with E-state index in [9.17, 15) is 0 Å². The van der Waals surface area contributed by atoms with E-state index in [1.54, 1.807) is 16.8 Å². The summed E-state index contributed by atoms with van der Waals surface area (Å²) in [5.41, 5.74) is 1.93. The number of aromatic nitrogens is 2. The van der Waals surface area contributed by atoms with Gasteiger partial charge in [-0.2, -0.15) is 0 Å². The van der Waals surface area contributed by atoms with Crippen LogP contribution in [0.3, 0.4) is 0 Å². The van der Waals surface area contributed by atoms with Gasteiger partial charge in [0.05, 0.1) is 5.39 Å². The number of fused-ring (bicyclic) bond motifs is 3. The molecule has 1 N–H and O–H groups in total. The van der Waals surface area contributed by atoms with Gasteiger partial charge in [0, 0.05) is 31.1 Å². The molecule has 4 nitrogen and oxygen atoms in total. The van der Waals surface area contributed by atoms with Crippen LogP contribution >= 0.6 is 11.3 Å². The Hall–Kier alpha value is -1.20. The molecule has 0 radical (unpaired) electrons. The third kappa shape index (κ3) is 2.74. The summed E-state index contributed by atoms with van der Waals surface area (Å²) in [6, 6.07) is 0. The summed E-state index contributed by atoms with van der Waals surface area (Å²) in [7, 11) is 0. The summed E-state index contributed by atoms with van der Waals surface area (Å²) in [4.78, 5) is 14.4. The molecule has 1 aliphatic heterocycles. The molecule has 3 heterocycles. The fraction of sp³-hybridized carbons (Fsp3) is 0.667. The molecule has 2 aromatic heterocycles. The Morgan fingerprint density at radius 2 is 2.00 bits per heavy atom. The minimum Gasteiger partial charge on any atom is -0.353 e. The van der Waals surface area contributed by atoms with Crippen LogP contribution in [0, 0.1) is 11.3 Å². The van der Waals surface area contributed by atoms with Crippen molar-refractivity contribution in [1.29, 1.82) is 0 Å². The highest BCUT2D eigenvalue weighted by Crippen LogP contribution is 2.44. The number of aryl methyl sites for hydroxylation is 1. The molecular weight excluding hydrogens is 304 g/mol. The van der Waals surface area contributed by atoms with E-state index in [1.165, 1.54) is 35.3 Å². The first-order valence-electron chi connectivity index (χ1n) is 8.75. The molecule has 1 saturated heterocycles. The first-order chi connectivity index (χ1) is 11.0. The van der Waals surface area contributed by atoms with Crippen LogP contribution in [0.15, 0.2) is 6.33 Å². The van der Waals surface area contributed by atoms with E-state index >= 15 is 0 Å². The van der Waals surface area contributed by atoms with E-state index in [-0.39, 0.29) is 0 Å². The van der Waals surface area contributed by atoms with Gasteiger partial charge in [-0.05, 0) is 36.2 Å². The molecule has 0 bridgehead atoms. The second-order valence-electron chi connectivity index (χ2n) is 7.92. The van der Waals surface area contributed by atoms with Crippen molar-refractivity contribution in [2.24, 2.45) is 11.3 Å². The number of thiophene rings is 1. The van der Waals surface area contributed by atoms with Gasteiger partial charge in [0.1, 0.15) is 17.0 Å². The van der Waals surface area contributed by atoms with E-state index in [2.05, 4.69) is 41.0 Å². The SMILES string of the molecule is CC(C)(C)C1CCc2c(sc3ncnc(N4CCNCC4)c23)C1. The minimum atomic E-state index is 0.390. The predicted molar refractivity (Wildman–Crippen MR) is 97.5 cm³/mol. The highest BCUT2D eigenvalue weighted by Gasteiger charge is 2.32. The lowest BCUT2D eigenvalue weighted by molar-refractivity contribution is 0.218. The van der Waals surface area contributed by atoms with Gasteiger partial charge < -0.3 is 10.2 Å². The van der Waals surface area contributed by atoms with Crippen LogP contribution in [0.5, 0.6) is 0 Å². The highest BCUT2D eigenvalue weighted by atomic mass is 32.1. The van der Waals surface area contributed by atoms with Crippen molar-refractivity contribution in [2.75, 3.05) is 31.1 Å². The third-order valence-corrected chi connectivity index (χ3v) is 6.63. The van der Waals surface area contributed by atoms with Crippen LogP contribution in [0.25, 0.3) is 10.2 Å². The van der Waals surface area contributed by atoms with Crippen molar-refractivity contribution in [3.05, 3.63) is 16.8 Å². The highest BCUT2D eigenvalue weighted by molar-refractivity contribution is 7.19. The van der Waals surface area contributed by atoms with E-state index < -0.39 is 0 Å². The van der Waals surface area contributed by atoms with Gasteiger partial charge in [0.15, 0.2) is 0 Å². The topological polar surface area (TPSA) is 41.1 Å². The Morgan fingerprint density at radius 3 is 2.74 bits per heavy atom. The van der Waals surface area contributed by atoms with Crippen molar-refractivity contribution in [2.45, 2.75) is 40.0 Å². The quantitative estimate of drug-likeness (QED) is 0.871. The Kier molecular flexibility index (Phi) is 3.81. The molecule has 0 amide bonds. The number of anilines is 1. The molecule has 0 saturated carbocycles. The van der Waals surface area contributed by atoms with E-state index in [4.69, 9.17) is 0 Å². The molecule has 124 valence electrons. The zero-order chi connectivity index (χ0) is 16.0. The number of nitrogens with one attached hydrogen (secondary N) is 1. The summed E-state index contributed by atoms with van der Waals surface area (Å²) in [6.45, 7) is 11.3. The second kappa shape index (κ2) is 5.71. The Bertz CT molecular complexity index is 710. The smallest absolute Gasteiger partial charge is 0.141 e. The first kappa shape index (κ1) is 15.3. The second-order valence-corrected chi connectivity index (χ2v) is 9.01. The molecule has 2 aliphatic rings. The Morgan fingerprint density at radius 1 is 1.22 bits per heavy atom. The van der Waals surface area contributed by atoms with Crippen molar-refractivity contribution in [3.63, 3.8) is 0 Å². The standard InChI is InChI=1S/C18H26N4S/c1-18(2,3)12-4-5-13-14(10-12)23-17-15(13)16(20-11-21-17)22-8-6-19-7-9-22/h11-12,19H,4-10H2,1-3H3. The molecule has 5 heteroatoms. The average Bonchev–Trinajstić information content (AvgIpc) is 2.92. The molecule has 1 atom stereocenters. The zero-order valence-corrected chi connectivity index (χ0v) is 15.2. The Labute approximate surface area is 142 Å². The molecule has 2 aromatic rings. The summed E-state index contributed by atoms with van der Waals surface area (Å²) < 4.78 is 0. The van der Waals surface area contributed by atoms with Crippen LogP contribution in [-0.2, 0) is 12.8 Å². The van der Waals surface area contributed by atoms with Crippen LogP contribution in [-0.4, -0.2) is 36.1 Å². The first-order valence-corrected chi connectivity index (χ1v) is 9.56. The predicted octanol–water partition coefficient (Wildman–Crippen LogP) is 3.25. The molecule has 0 spiro atoms. The van der Waals surface area contributed by atoms with E-state index in [0.29, 0.717) is 5.41 Å². The Balaban J connectivity index is 1.76. The maximum absolute atomic E-state index is 4.67.